The first-order valence-electron chi connectivity index (χ1n) is 7.08. The van der Waals surface area contributed by atoms with Crippen LogP contribution in [0.1, 0.15) is 43.4 Å². The highest BCUT2D eigenvalue weighted by molar-refractivity contribution is 5.47. The summed E-state index contributed by atoms with van der Waals surface area (Å²) in [5.74, 6) is 1.90. The molecule has 0 saturated heterocycles. The molecule has 2 N–H and O–H groups in total. The van der Waals surface area contributed by atoms with Crippen LogP contribution < -0.4 is 10.6 Å². The quantitative estimate of drug-likeness (QED) is 0.889. The van der Waals surface area contributed by atoms with Crippen molar-refractivity contribution in [3.63, 3.8) is 0 Å². The molecule has 1 aromatic rings. The molecule has 100 valence electrons. The summed E-state index contributed by atoms with van der Waals surface area (Å²) < 4.78 is 0. The van der Waals surface area contributed by atoms with Crippen molar-refractivity contribution in [1.82, 2.24) is 4.98 Å². The molecule has 0 atom stereocenters. The van der Waals surface area contributed by atoms with Gasteiger partial charge in [0.15, 0.2) is 0 Å². The zero-order chi connectivity index (χ0) is 13.0. The molecule has 0 unspecified atom stereocenters. The summed E-state index contributed by atoms with van der Waals surface area (Å²) in [6.07, 6.45) is 6.94. The molecule has 1 heterocycles. The zero-order valence-corrected chi connectivity index (χ0v) is 11.7. The molecule has 1 fully saturated rings. The lowest BCUT2D eigenvalue weighted by Gasteiger charge is -2.29. The number of rotatable bonds is 4. The highest BCUT2D eigenvalue weighted by atomic mass is 15.2. The van der Waals surface area contributed by atoms with Crippen LogP contribution in [0.25, 0.3) is 0 Å². The Bertz CT molecular complexity index is 383. The summed E-state index contributed by atoms with van der Waals surface area (Å²) in [4.78, 5) is 6.95. The minimum atomic E-state index is 0.567. The van der Waals surface area contributed by atoms with Crippen molar-refractivity contribution in [2.75, 3.05) is 18.5 Å². The van der Waals surface area contributed by atoms with Crippen molar-refractivity contribution >= 4 is 5.82 Å². The molecular formula is C15H25N3. The molecule has 0 aliphatic heterocycles. The van der Waals surface area contributed by atoms with E-state index < -0.39 is 0 Å². The van der Waals surface area contributed by atoms with Crippen LogP contribution in [-0.2, 0) is 6.54 Å². The van der Waals surface area contributed by atoms with Gasteiger partial charge in [-0.05, 0) is 31.7 Å². The fourth-order valence-electron chi connectivity index (χ4n) is 2.91. The van der Waals surface area contributed by atoms with E-state index in [4.69, 9.17) is 5.73 Å². The Labute approximate surface area is 110 Å². The maximum absolute atomic E-state index is 5.80. The van der Waals surface area contributed by atoms with Gasteiger partial charge in [0.05, 0.1) is 0 Å². The van der Waals surface area contributed by atoms with Gasteiger partial charge >= 0.3 is 0 Å². The second kappa shape index (κ2) is 6.19. The van der Waals surface area contributed by atoms with Crippen molar-refractivity contribution < 1.29 is 0 Å². The number of aromatic nitrogens is 1. The lowest BCUT2D eigenvalue weighted by Crippen LogP contribution is -2.28. The van der Waals surface area contributed by atoms with Gasteiger partial charge < -0.3 is 10.6 Å². The van der Waals surface area contributed by atoms with Crippen LogP contribution in [0, 0.1) is 12.8 Å². The van der Waals surface area contributed by atoms with E-state index in [0.29, 0.717) is 6.54 Å². The topological polar surface area (TPSA) is 42.1 Å². The number of nitrogens with zero attached hydrogens (tertiary/aromatic N) is 2. The number of aryl methyl sites for hydroxylation is 1. The average Bonchev–Trinajstić information content (AvgIpc) is 2.40. The Hall–Kier alpha value is -1.09. The summed E-state index contributed by atoms with van der Waals surface area (Å²) in [7, 11) is 2.15. The van der Waals surface area contributed by atoms with Crippen LogP contribution in [-0.4, -0.2) is 18.6 Å². The van der Waals surface area contributed by atoms with E-state index in [1.54, 1.807) is 0 Å². The van der Waals surface area contributed by atoms with Gasteiger partial charge in [-0.1, -0.05) is 25.3 Å². The summed E-state index contributed by atoms with van der Waals surface area (Å²) in [5.41, 5.74) is 8.02. The third-order valence-electron chi connectivity index (χ3n) is 3.93. The van der Waals surface area contributed by atoms with Crippen LogP contribution >= 0.6 is 0 Å². The third-order valence-corrected chi connectivity index (χ3v) is 3.93. The molecule has 1 saturated carbocycles. The first-order chi connectivity index (χ1) is 8.70. The van der Waals surface area contributed by atoms with E-state index in [2.05, 4.69) is 23.0 Å². The smallest absolute Gasteiger partial charge is 0.133 e. The minimum absolute atomic E-state index is 0.567. The molecule has 1 aromatic heterocycles. The summed E-state index contributed by atoms with van der Waals surface area (Å²) in [6.45, 7) is 3.72. The second-order valence-corrected chi connectivity index (χ2v) is 5.52. The van der Waals surface area contributed by atoms with Gasteiger partial charge in [0, 0.05) is 31.4 Å². The van der Waals surface area contributed by atoms with E-state index >= 15 is 0 Å². The summed E-state index contributed by atoms with van der Waals surface area (Å²) in [6, 6.07) is 4.15. The third kappa shape index (κ3) is 3.22. The first-order valence-corrected chi connectivity index (χ1v) is 7.08. The molecule has 3 heteroatoms. The van der Waals surface area contributed by atoms with E-state index in [9.17, 15) is 0 Å². The highest BCUT2D eigenvalue weighted by Gasteiger charge is 2.17. The van der Waals surface area contributed by atoms with Crippen molar-refractivity contribution in [2.24, 2.45) is 11.7 Å². The van der Waals surface area contributed by atoms with Gasteiger partial charge in [-0.15, -0.1) is 0 Å². The van der Waals surface area contributed by atoms with E-state index in [1.807, 2.05) is 13.0 Å². The van der Waals surface area contributed by atoms with E-state index in [1.165, 1.54) is 32.1 Å². The number of pyridine rings is 1. The maximum Gasteiger partial charge on any atom is 0.133 e. The molecule has 0 bridgehead atoms. The van der Waals surface area contributed by atoms with E-state index in [0.717, 1.165) is 29.5 Å². The van der Waals surface area contributed by atoms with Crippen LogP contribution in [0.2, 0.25) is 0 Å². The monoisotopic (exact) mass is 247 g/mol. The first kappa shape index (κ1) is 13.3. The molecule has 0 spiro atoms. The Morgan fingerprint density at radius 2 is 2.00 bits per heavy atom. The average molecular weight is 247 g/mol. The molecule has 1 aliphatic rings. The molecule has 3 nitrogen and oxygen atoms in total. The molecule has 0 radical (unpaired) electrons. The van der Waals surface area contributed by atoms with Crippen molar-refractivity contribution in [2.45, 2.75) is 45.6 Å². The van der Waals surface area contributed by atoms with Gasteiger partial charge in [0.25, 0.3) is 0 Å². The standard InChI is InChI=1S/C15H25N3/c1-12-8-9-14(10-16)15(17-12)18(2)11-13-6-4-3-5-7-13/h8-9,13H,3-7,10-11,16H2,1-2H3. The van der Waals surface area contributed by atoms with Crippen LogP contribution in [0.5, 0.6) is 0 Å². The number of hydrogen-bond donors (Lipinski definition) is 1. The second-order valence-electron chi connectivity index (χ2n) is 5.52. The molecule has 1 aliphatic carbocycles. The zero-order valence-electron chi connectivity index (χ0n) is 11.7. The van der Waals surface area contributed by atoms with Gasteiger partial charge in [0.1, 0.15) is 5.82 Å². The van der Waals surface area contributed by atoms with Crippen molar-refractivity contribution in [3.05, 3.63) is 23.4 Å². The van der Waals surface area contributed by atoms with Gasteiger partial charge in [-0.25, -0.2) is 4.98 Å². The van der Waals surface area contributed by atoms with Crippen molar-refractivity contribution in [3.8, 4) is 0 Å². The lowest BCUT2D eigenvalue weighted by molar-refractivity contribution is 0.361. The highest BCUT2D eigenvalue weighted by Crippen LogP contribution is 2.26. The fraction of sp³-hybridized carbons (Fsp3) is 0.667. The van der Waals surface area contributed by atoms with E-state index in [-0.39, 0.29) is 0 Å². The lowest BCUT2D eigenvalue weighted by atomic mass is 9.89. The van der Waals surface area contributed by atoms with Crippen LogP contribution in [0.15, 0.2) is 12.1 Å². The largest absolute Gasteiger partial charge is 0.359 e. The fourth-order valence-corrected chi connectivity index (χ4v) is 2.91. The minimum Gasteiger partial charge on any atom is -0.359 e. The Balaban J connectivity index is 2.07. The van der Waals surface area contributed by atoms with Crippen LogP contribution in [0.3, 0.4) is 0 Å². The van der Waals surface area contributed by atoms with Gasteiger partial charge in [-0.3, -0.25) is 0 Å². The predicted molar refractivity (Wildman–Crippen MR) is 76.7 cm³/mol. The SMILES string of the molecule is Cc1ccc(CN)c(N(C)CC2CCCCC2)n1. The predicted octanol–water partition coefficient (Wildman–Crippen LogP) is 2.87. The molecule has 0 aromatic carbocycles. The van der Waals surface area contributed by atoms with Crippen molar-refractivity contribution in [1.29, 1.82) is 0 Å². The Kier molecular flexibility index (Phi) is 4.59. The summed E-state index contributed by atoms with van der Waals surface area (Å²) >= 11 is 0. The number of hydrogen-bond acceptors (Lipinski definition) is 3. The molecule has 18 heavy (non-hydrogen) atoms. The Morgan fingerprint density at radius 3 is 2.67 bits per heavy atom. The summed E-state index contributed by atoms with van der Waals surface area (Å²) in [5, 5.41) is 0. The molecule has 0 amide bonds. The number of anilines is 1. The normalized spacial score (nSPS) is 16.8. The molecule has 2 rings (SSSR count). The number of nitrogens with two attached hydrogens (primary N) is 1. The molecular weight excluding hydrogens is 222 g/mol. The maximum atomic E-state index is 5.80. The Morgan fingerprint density at radius 1 is 1.28 bits per heavy atom. The van der Waals surface area contributed by atoms with Gasteiger partial charge in [0.2, 0.25) is 0 Å². The van der Waals surface area contributed by atoms with Crippen LogP contribution in [0.4, 0.5) is 5.82 Å². The van der Waals surface area contributed by atoms with Gasteiger partial charge in [-0.2, -0.15) is 0 Å².